The van der Waals surface area contributed by atoms with Crippen LogP contribution in [-0.4, -0.2) is 34.9 Å². The minimum Gasteiger partial charge on any atom is -0.497 e. The van der Waals surface area contributed by atoms with Crippen LogP contribution < -0.4 is 14.4 Å². The lowest BCUT2D eigenvalue weighted by molar-refractivity contribution is -0.119. The molecule has 0 fully saturated rings. The van der Waals surface area contributed by atoms with Crippen molar-refractivity contribution in [2.45, 2.75) is 44.7 Å². The number of carbonyl (C=O) groups is 1. The first-order valence-electron chi connectivity index (χ1n) is 10.7. The van der Waals surface area contributed by atoms with Gasteiger partial charge in [0, 0.05) is 12.0 Å². The zero-order valence-corrected chi connectivity index (χ0v) is 18.2. The Labute approximate surface area is 182 Å². The first-order valence-corrected chi connectivity index (χ1v) is 10.7. The van der Waals surface area contributed by atoms with Gasteiger partial charge in [0.1, 0.15) is 17.8 Å². The largest absolute Gasteiger partial charge is 0.497 e. The van der Waals surface area contributed by atoms with Crippen molar-refractivity contribution >= 4 is 11.9 Å². The van der Waals surface area contributed by atoms with Crippen molar-refractivity contribution in [3.8, 4) is 11.5 Å². The number of fused-ring (bicyclic) bond motifs is 1. The number of hydrogen-bond donors (Lipinski definition) is 0. The summed E-state index contributed by atoms with van der Waals surface area (Å²) >= 11 is 0. The predicted octanol–water partition coefficient (Wildman–Crippen LogP) is 4.55. The van der Waals surface area contributed by atoms with Crippen LogP contribution in [0.5, 0.6) is 11.5 Å². The second kappa shape index (κ2) is 9.20. The highest BCUT2D eigenvalue weighted by Crippen LogP contribution is 2.44. The van der Waals surface area contributed by atoms with E-state index in [0.717, 1.165) is 35.5 Å². The third-order valence-corrected chi connectivity index (χ3v) is 5.83. The number of methoxy groups -OCH3 is 2. The van der Waals surface area contributed by atoms with E-state index in [0.29, 0.717) is 18.8 Å². The Kier molecular flexibility index (Phi) is 6.21. The maximum Gasteiger partial charge on any atom is 0.231 e. The van der Waals surface area contributed by atoms with Crippen molar-refractivity contribution in [3.05, 3.63) is 66.0 Å². The van der Waals surface area contributed by atoms with Crippen molar-refractivity contribution < 1.29 is 14.3 Å². The van der Waals surface area contributed by atoms with Gasteiger partial charge in [0.2, 0.25) is 11.9 Å². The molecule has 3 aromatic rings. The molecular weight excluding hydrogens is 392 g/mol. The number of para-hydroxylation sites is 1. The normalized spacial score (nSPS) is 17.8. The highest BCUT2D eigenvalue weighted by Gasteiger charge is 2.39. The van der Waals surface area contributed by atoms with Gasteiger partial charge in [0.15, 0.2) is 0 Å². The number of carbonyl (C=O) groups excluding carboxylic acids is 1. The average Bonchev–Trinajstić information content (AvgIpc) is 3.31. The van der Waals surface area contributed by atoms with Gasteiger partial charge in [-0.05, 0) is 36.6 Å². The Morgan fingerprint density at radius 1 is 1.06 bits per heavy atom. The van der Waals surface area contributed by atoms with Crippen LogP contribution in [0.2, 0.25) is 0 Å². The van der Waals surface area contributed by atoms with E-state index >= 15 is 0 Å². The van der Waals surface area contributed by atoms with Gasteiger partial charge in [0.05, 0.1) is 26.3 Å². The van der Waals surface area contributed by atoms with E-state index in [2.05, 4.69) is 23.1 Å². The maximum absolute atomic E-state index is 13.3. The van der Waals surface area contributed by atoms with Crippen LogP contribution in [0.15, 0.2) is 54.9 Å². The lowest BCUT2D eigenvalue weighted by atomic mass is 9.91. The summed E-state index contributed by atoms with van der Waals surface area (Å²) in [5, 5.41) is 4.49. The first-order chi connectivity index (χ1) is 15.2. The zero-order chi connectivity index (χ0) is 21.8. The number of benzene rings is 2. The van der Waals surface area contributed by atoms with Crippen molar-refractivity contribution in [3.63, 3.8) is 0 Å². The van der Waals surface area contributed by atoms with E-state index < -0.39 is 0 Å². The van der Waals surface area contributed by atoms with Crippen molar-refractivity contribution in [2.75, 3.05) is 19.1 Å². The summed E-state index contributed by atoms with van der Waals surface area (Å²) in [7, 11) is 3.32. The lowest BCUT2D eigenvalue weighted by Gasteiger charge is -2.39. The summed E-state index contributed by atoms with van der Waals surface area (Å²) in [4.78, 5) is 19.6. The number of rotatable bonds is 7. The molecule has 4 rings (SSSR count). The fourth-order valence-corrected chi connectivity index (χ4v) is 4.24. The molecule has 0 unspecified atom stereocenters. The van der Waals surface area contributed by atoms with Crippen LogP contribution in [0.1, 0.15) is 55.8 Å². The molecule has 2 atom stereocenters. The standard InChI is InChI=1S/C24H28N4O3/c1-4-5-10-23(29)27-20(17-11-13-18(30-2)14-12-17)15-21(28-24(27)25-16-26-28)19-8-6-7-9-22(19)31-3/h6-9,11-14,16,20-21H,4-5,10,15H2,1-3H3/t20-,21-/m0/s1. The molecule has 1 aliphatic rings. The number of aromatic nitrogens is 3. The summed E-state index contributed by atoms with van der Waals surface area (Å²) < 4.78 is 12.8. The molecule has 1 amide bonds. The zero-order valence-electron chi connectivity index (χ0n) is 18.2. The molecule has 0 saturated carbocycles. The van der Waals surface area contributed by atoms with Gasteiger partial charge in [-0.25, -0.2) is 4.68 Å². The Hall–Kier alpha value is -3.35. The summed E-state index contributed by atoms with van der Waals surface area (Å²) in [6, 6.07) is 15.6. The van der Waals surface area contributed by atoms with Gasteiger partial charge >= 0.3 is 0 Å². The molecule has 0 aliphatic carbocycles. The molecular formula is C24H28N4O3. The molecule has 0 N–H and O–H groups in total. The van der Waals surface area contributed by atoms with Gasteiger partial charge < -0.3 is 9.47 Å². The molecule has 2 heterocycles. The highest BCUT2D eigenvalue weighted by atomic mass is 16.5. The monoisotopic (exact) mass is 420 g/mol. The third-order valence-electron chi connectivity index (χ3n) is 5.83. The number of unbranched alkanes of at least 4 members (excludes halogenated alkanes) is 1. The summed E-state index contributed by atoms with van der Waals surface area (Å²) in [6.45, 7) is 2.09. The topological polar surface area (TPSA) is 69.5 Å². The lowest BCUT2D eigenvalue weighted by Crippen LogP contribution is -2.42. The van der Waals surface area contributed by atoms with Gasteiger partial charge in [-0.3, -0.25) is 9.69 Å². The molecule has 0 bridgehead atoms. The van der Waals surface area contributed by atoms with E-state index in [1.165, 1.54) is 6.33 Å². The van der Waals surface area contributed by atoms with Crippen LogP contribution in [0, 0.1) is 0 Å². The van der Waals surface area contributed by atoms with Crippen molar-refractivity contribution in [1.82, 2.24) is 14.8 Å². The SMILES string of the molecule is CCCCC(=O)N1c2ncnn2[C@H](c2ccccc2OC)C[C@H]1c1ccc(OC)cc1. The molecule has 162 valence electrons. The summed E-state index contributed by atoms with van der Waals surface area (Å²) in [6.07, 6.45) is 4.47. The minimum atomic E-state index is -0.165. The van der Waals surface area contributed by atoms with E-state index in [1.807, 2.05) is 52.0 Å². The highest BCUT2D eigenvalue weighted by molar-refractivity contribution is 5.92. The van der Waals surface area contributed by atoms with Crippen molar-refractivity contribution in [1.29, 1.82) is 0 Å². The fraction of sp³-hybridized carbons (Fsp3) is 0.375. The molecule has 0 radical (unpaired) electrons. The predicted molar refractivity (Wildman–Crippen MR) is 119 cm³/mol. The Balaban J connectivity index is 1.81. The molecule has 2 aromatic carbocycles. The Morgan fingerprint density at radius 2 is 1.84 bits per heavy atom. The summed E-state index contributed by atoms with van der Waals surface area (Å²) in [5.74, 6) is 2.22. The maximum atomic E-state index is 13.3. The van der Waals surface area contributed by atoms with Crippen LogP contribution in [0.4, 0.5) is 5.95 Å². The van der Waals surface area contributed by atoms with E-state index in [1.54, 1.807) is 14.2 Å². The minimum absolute atomic E-state index is 0.0652. The first kappa shape index (κ1) is 20.9. The molecule has 7 nitrogen and oxygen atoms in total. The van der Waals surface area contributed by atoms with Crippen molar-refractivity contribution in [2.24, 2.45) is 0 Å². The number of anilines is 1. The molecule has 0 spiro atoms. The van der Waals surface area contributed by atoms with Crippen LogP contribution in [0.3, 0.4) is 0 Å². The molecule has 7 heteroatoms. The smallest absolute Gasteiger partial charge is 0.231 e. The molecule has 1 aromatic heterocycles. The molecule has 31 heavy (non-hydrogen) atoms. The van der Waals surface area contributed by atoms with Crippen LogP contribution in [-0.2, 0) is 4.79 Å². The number of ether oxygens (including phenoxy) is 2. The third kappa shape index (κ3) is 4.00. The number of hydrogen-bond acceptors (Lipinski definition) is 5. The number of amides is 1. The average molecular weight is 421 g/mol. The fourth-order valence-electron chi connectivity index (χ4n) is 4.24. The van der Waals surface area contributed by atoms with Gasteiger partial charge in [0.25, 0.3) is 0 Å². The van der Waals surface area contributed by atoms with Crippen LogP contribution >= 0.6 is 0 Å². The van der Waals surface area contributed by atoms with Gasteiger partial charge in [-0.15, -0.1) is 0 Å². The second-order valence-electron chi connectivity index (χ2n) is 7.65. The molecule has 0 saturated heterocycles. The van der Waals surface area contributed by atoms with E-state index in [9.17, 15) is 4.79 Å². The molecule has 1 aliphatic heterocycles. The quantitative estimate of drug-likeness (QED) is 0.561. The van der Waals surface area contributed by atoms with Gasteiger partial charge in [-0.1, -0.05) is 43.7 Å². The Morgan fingerprint density at radius 3 is 2.55 bits per heavy atom. The second-order valence-corrected chi connectivity index (χ2v) is 7.65. The Bertz CT molecular complexity index is 1030. The number of nitrogens with zero attached hydrogens (tertiary/aromatic N) is 4. The van der Waals surface area contributed by atoms with Gasteiger partial charge in [-0.2, -0.15) is 10.1 Å². The van der Waals surface area contributed by atoms with Crippen LogP contribution in [0.25, 0.3) is 0 Å². The van der Waals surface area contributed by atoms with E-state index in [4.69, 9.17) is 9.47 Å². The summed E-state index contributed by atoms with van der Waals surface area (Å²) in [5.41, 5.74) is 2.07. The van der Waals surface area contributed by atoms with E-state index in [-0.39, 0.29) is 18.0 Å².